The molecule has 2 bridgehead atoms. The minimum atomic E-state index is -0.845. The molecule has 30 heavy (non-hydrogen) atoms. The Morgan fingerprint density at radius 3 is 2.90 bits per heavy atom. The van der Waals surface area contributed by atoms with E-state index in [2.05, 4.69) is 5.32 Å². The van der Waals surface area contributed by atoms with Crippen LogP contribution in [0.3, 0.4) is 0 Å². The maximum absolute atomic E-state index is 13.5. The van der Waals surface area contributed by atoms with Crippen molar-refractivity contribution in [1.82, 2.24) is 0 Å². The molecule has 2 aromatic carbocycles. The van der Waals surface area contributed by atoms with Crippen LogP contribution in [0.15, 0.2) is 54.6 Å². The van der Waals surface area contributed by atoms with Crippen molar-refractivity contribution in [2.75, 3.05) is 23.6 Å². The summed E-state index contributed by atoms with van der Waals surface area (Å²) in [5.74, 6) is -1.11. The van der Waals surface area contributed by atoms with E-state index < -0.39 is 29.4 Å². The number of ether oxygens (including phenoxy) is 3. The number of carbonyl (C=O) groups is 2. The number of nitrogens with zero attached hydrogens (tertiary/aromatic N) is 1. The van der Waals surface area contributed by atoms with E-state index in [9.17, 15) is 14.0 Å². The average Bonchev–Trinajstić information content (AvgIpc) is 3.48. The number of fused-ring (bicyclic) bond motifs is 2. The number of hydrogen-bond acceptors (Lipinski definition) is 5. The third-order valence-corrected chi connectivity index (χ3v) is 6.16. The van der Waals surface area contributed by atoms with Gasteiger partial charge in [-0.05, 0) is 30.3 Å². The molecule has 0 aromatic heterocycles. The standard InChI is InChI=1S/C22H17FN2O5/c23-12-2-1-3-13(8-12)24-20(26)18-16-6-7-22(30-16)10-25(21(27)19(18)22)14-4-5-15-17(9-14)29-11-28-15/h1-9,16,18-19H,10-11H2,(H,24,26)/t16-,18-,19+,22-/m1/s1. The van der Waals surface area contributed by atoms with Crippen LogP contribution in [0.5, 0.6) is 11.5 Å². The number of carbonyl (C=O) groups excluding carboxylic acids is 2. The van der Waals surface area contributed by atoms with E-state index in [1.807, 2.05) is 12.2 Å². The topological polar surface area (TPSA) is 77.1 Å². The van der Waals surface area contributed by atoms with Crippen LogP contribution in [0, 0.1) is 17.7 Å². The zero-order valence-electron chi connectivity index (χ0n) is 15.7. The van der Waals surface area contributed by atoms with Crippen LogP contribution in [0.1, 0.15) is 0 Å². The molecule has 0 unspecified atom stereocenters. The maximum atomic E-state index is 13.5. The summed E-state index contributed by atoms with van der Waals surface area (Å²) in [7, 11) is 0. The molecule has 2 saturated heterocycles. The van der Waals surface area contributed by atoms with Crippen molar-refractivity contribution in [3.05, 3.63) is 60.4 Å². The lowest BCUT2D eigenvalue weighted by molar-refractivity contribution is -0.128. The molecule has 1 spiro atoms. The van der Waals surface area contributed by atoms with Gasteiger partial charge in [-0.2, -0.15) is 0 Å². The summed E-state index contributed by atoms with van der Waals surface area (Å²) in [6.45, 7) is 0.460. The molecule has 1 N–H and O–H groups in total. The Hall–Kier alpha value is -3.39. The second-order valence-corrected chi connectivity index (χ2v) is 7.86. The second kappa shape index (κ2) is 6.06. The molecular weight excluding hydrogens is 391 g/mol. The Morgan fingerprint density at radius 2 is 2.03 bits per heavy atom. The molecule has 2 amide bonds. The molecule has 4 atom stereocenters. The Labute approximate surface area is 171 Å². The van der Waals surface area contributed by atoms with Crippen LogP contribution in [0.2, 0.25) is 0 Å². The first kappa shape index (κ1) is 17.5. The van der Waals surface area contributed by atoms with Crippen molar-refractivity contribution in [1.29, 1.82) is 0 Å². The third kappa shape index (κ3) is 2.40. The zero-order valence-corrected chi connectivity index (χ0v) is 15.7. The monoisotopic (exact) mass is 408 g/mol. The Kier molecular flexibility index (Phi) is 3.53. The van der Waals surface area contributed by atoms with E-state index in [0.29, 0.717) is 29.4 Å². The molecule has 4 aliphatic rings. The SMILES string of the molecule is O=C(Nc1cccc(F)c1)[C@H]1[C@H]2C(=O)N(c3ccc4c(c3)OCO4)C[C@]23C=C[C@H]1O3. The number of halogens is 1. The average molecular weight is 408 g/mol. The van der Waals surface area contributed by atoms with Crippen LogP contribution in [-0.4, -0.2) is 36.9 Å². The Bertz CT molecular complexity index is 1120. The highest BCUT2D eigenvalue weighted by Gasteiger charge is 2.67. The van der Waals surface area contributed by atoms with Gasteiger partial charge in [-0.15, -0.1) is 0 Å². The third-order valence-electron chi connectivity index (χ3n) is 6.16. The first-order valence-corrected chi connectivity index (χ1v) is 9.69. The van der Waals surface area contributed by atoms with Gasteiger partial charge in [-0.25, -0.2) is 4.39 Å². The summed E-state index contributed by atoms with van der Waals surface area (Å²) in [6.07, 6.45) is 3.24. The molecule has 7 nitrogen and oxygen atoms in total. The van der Waals surface area contributed by atoms with Gasteiger partial charge in [0.15, 0.2) is 11.5 Å². The minimum absolute atomic E-state index is 0.148. The highest BCUT2D eigenvalue weighted by Crippen LogP contribution is 2.53. The van der Waals surface area contributed by atoms with Gasteiger partial charge in [0.25, 0.3) is 0 Å². The van der Waals surface area contributed by atoms with E-state index in [0.717, 1.165) is 0 Å². The van der Waals surface area contributed by atoms with Gasteiger partial charge >= 0.3 is 0 Å². The molecule has 2 aromatic rings. The van der Waals surface area contributed by atoms with Crippen LogP contribution >= 0.6 is 0 Å². The first-order chi connectivity index (χ1) is 14.5. The molecule has 0 aliphatic carbocycles. The lowest BCUT2D eigenvalue weighted by Gasteiger charge is -2.23. The lowest BCUT2D eigenvalue weighted by atomic mass is 9.77. The Morgan fingerprint density at radius 1 is 1.17 bits per heavy atom. The van der Waals surface area contributed by atoms with Gasteiger partial charge in [-0.1, -0.05) is 18.2 Å². The summed E-state index contributed by atoms with van der Waals surface area (Å²) in [6, 6.07) is 11.0. The number of nitrogens with one attached hydrogen (secondary N) is 1. The predicted molar refractivity (Wildman–Crippen MR) is 104 cm³/mol. The molecule has 2 fully saturated rings. The quantitative estimate of drug-likeness (QED) is 0.790. The molecular formula is C22H17FN2O5. The van der Waals surface area contributed by atoms with Gasteiger partial charge in [-0.3, -0.25) is 9.59 Å². The fraction of sp³-hybridized carbons (Fsp3) is 0.273. The van der Waals surface area contributed by atoms with Crippen molar-refractivity contribution in [2.45, 2.75) is 11.7 Å². The molecule has 6 rings (SSSR count). The summed E-state index contributed by atoms with van der Waals surface area (Å²) in [5, 5.41) is 2.73. The lowest BCUT2D eigenvalue weighted by Crippen LogP contribution is -2.41. The highest BCUT2D eigenvalue weighted by atomic mass is 19.1. The summed E-state index contributed by atoms with van der Waals surface area (Å²) >= 11 is 0. The van der Waals surface area contributed by atoms with Crippen molar-refractivity contribution in [3.63, 3.8) is 0 Å². The van der Waals surface area contributed by atoms with Gasteiger partial charge in [0.2, 0.25) is 18.6 Å². The van der Waals surface area contributed by atoms with Gasteiger partial charge < -0.3 is 24.4 Å². The fourth-order valence-electron chi connectivity index (χ4n) is 4.86. The van der Waals surface area contributed by atoms with Crippen LogP contribution in [-0.2, 0) is 14.3 Å². The van der Waals surface area contributed by atoms with Crippen molar-refractivity contribution < 1.29 is 28.2 Å². The van der Waals surface area contributed by atoms with E-state index >= 15 is 0 Å². The van der Waals surface area contributed by atoms with Crippen molar-refractivity contribution in [3.8, 4) is 11.5 Å². The van der Waals surface area contributed by atoms with E-state index in [4.69, 9.17) is 14.2 Å². The van der Waals surface area contributed by atoms with Crippen molar-refractivity contribution in [2.24, 2.45) is 11.8 Å². The van der Waals surface area contributed by atoms with E-state index in [1.54, 1.807) is 29.2 Å². The maximum Gasteiger partial charge on any atom is 0.234 e. The molecule has 0 saturated carbocycles. The smallest absolute Gasteiger partial charge is 0.234 e. The van der Waals surface area contributed by atoms with Crippen molar-refractivity contribution >= 4 is 23.2 Å². The zero-order chi connectivity index (χ0) is 20.5. The number of anilines is 2. The van der Waals surface area contributed by atoms with Gasteiger partial charge in [0, 0.05) is 17.4 Å². The second-order valence-electron chi connectivity index (χ2n) is 7.86. The number of amides is 2. The highest BCUT2D eigenvalue weighted by molar-refractivity contribution is 6.05. The fourth-order valence-corrected chi connectivity index (χ4v) is 4.86. The summed E-state index contributed by atoms with van der Waals surface area (Å²) < 4.78 is 30.4. The number of hydrogen-bond donors (Lipinski definition) is 1. The summed E-state index contributed by atoms with van der Waals surface area (Å²) in [5.41, 5.74) is 0.166. The molecule has 152 valence electrons. The number of benzene rings is 2. The van der Waals surface area contributed by atoms with Gasteiger partial charge in [0.1, 0.15) is 11.4 Å². The summed E-state index contributed by atoms with van der Waals surface area (Å²) in [4.78, 5) is 28.1. The number of rotatable bonds is 3. The van der Waals surface area contributed by atoms with Gasteiger partial charge in [0.05, 0.1) is 24.5 Å². The largest absolute Gasteiger partial charge is 0.454 e. The molecule has 4 aliphatic heterocycles. The molecule has 4 heterocycles. The van der Waals surface area contributed by atoms with E-state index in [-0.39, 0.29) is 18.6 Å². The van der Waals surface area contributed by atoms with Crippen LogP contribution < -0.4 is 19.7 Å². The minimum Gasteiger partial charge on any atom is -0.454 e. The molecule has 0 radical (unpaired) electrons. The Balaban J connectivity index is 1.30. The predicted octanol–water partition coefficient (Wildman–Crippen LogP) is 2.48. The van der Waals surface area contributed by atoms with E-state index in [1.165, 1.54) is 18.2 Å². The van der Waals surface area contributed by atoms with Crippen LogP contribution in [0.4, 0.5) is 15.8 Å². The molecule has 8 heteroatoms. The first-order valence-electron chi connectivity index (χ1n) is 9.69. The van der Waals surface area contributed by atoms with Crippen LogP contribution in [0.25, 0.3) is 0 Å². The normalized spacial score (nSPS) is 30.1.